The van der Waals surface area contributed by atoms with Gasteiger partial charge in [0.15, 0.2) is 17.3 Å². The number of rotatable bonds is 5. The lowest BCUT2D eigenvalue weighted by Crippen LogP contribution is -2.44. The van der Waals surface area contributed by atoms with Crippen molar-refractivity contribution in [2.75, 3.05) is 0 Å². The van der Waals surface area contributed by atoms with E-state index in [-0.39, 0.29) is 30.6 Å². The maximum absolute atomic E-state index is 12.2. The number of nitrogens with two attached hydrogens (primary N) is 1. The van der Waals surface area contributed by atoms with Crippen LogP contribution in [0.25, 0.3) is 11.3 Å². The van der Waals surface area contributed by atoms with E-state index in [0.717, 1.165) is 24.8 Å². The van der Waals surface area contributed by atoms with Gasteiger partial charge in [0.1, 0.15) is 0 Å². The molecule has 3 aromatic rings. The fourth-order valence-corrected chi connectivity index (χ4v) is 2.68. The normalized spacial score (nSPS) is 15.0. The van der Waals surface area contributed by atoms with Crippen LogP contribution in [0.4, 0.5) is 0 Å². The van der Waals surface area contributed by atoms with Crippen molar-refractivity contribution >= 4 is 18.3 Å². The molecule has 0 radical (unpaired) electrons. The van der Waals surface area contributed by atoms with Gasteiger partial charge in [-0.2, -0.15) is 4.98 Å². The van der Waals surface area contributed by atoms with E-state index >= 15 is 0 Å². The molecule has 1 fully saturated rings. The monoisotopic (exact) mass is 375 g/mol. The summed E-state index contributed by atoms with van der Waals surface area (Å²) in [6.45, 7) is 0.107. The number of hydrogen-bond acceptors (Lipinski definition) is 7. The highest BCUT2D eigenvalue weighted by molar-refractivity contribution is 5.92. The summed E-state index contributed by atoms with van der Waals surface area (Å²) in [5, 5.41) is 10.4. The van der Waals surface area contributed by atoms with Gasteiger partial charge >= 0.3 is 0 Å². The standard InChI is InChI=1S/C17H17N5O3.ClH/c18-17(7-4-8-17)16-20-14(25-22-16)10-19-15(23)12-9-13(24-21-12)11-5-2-1-3-6-11;/h1-3,5-6,9H,4,7-8,10,18H2,(H,19,23);1H. The van der Waals surface area contributed by atoms with Gasteiger partial charge in [-0.1, -0.05) is 40.6 Å². The SMILES string of the molecule is Cl.NC1(c2noc(CNC(=O)c3cc(-c4ccccc4)on3)n2)CCC1. The smallest absolute Gasteiger partial charge is 0.273 e. The molecule has 1 aromatic carbocycles. The third-order valence-electron chi connectivity index (χ3n) is 4.36. The summed E-state index contributed by atoms with van der Waals surface area (Å²) >= 11 is 0. The predicted octanol–water partition coefficient (Wildman–Crippen LogP) is 2.41. The first-order chi connectivity index (χ1) is 12.1. The van der Waals surface area contributed by atoms with Gasteiger partial charge in [-0.05, 0) is 19.3 Å². The highest BCUT2D eigenvalue weighted by Crippen LogP contribution is 2.36. The van der Waals surface area contributed by atoms with Gasteiger partial charge in [-0.15, -0.1) is 12.4 Å². The van der Waals surface area contributed by atoms with Crippen LogP contribution in [0.5, 0.6) is 0 Å². The summed E-state index contributed by atoms with van der Waals surface area (Å²) in [7, 11) is 0. The quantitative estimate of drug-likeness (QED) is 0.702. The van der Waals surface area contributed by atoms with Crippen molar-refractivity contribution in [3.8, 4) is 11.3 Å². The number of hydrogen-bond donors (Lipinski definition) is 2. The zero-order valence-electron chi connectivity index (χ0n) is 13.8. The van der Waals surface area contributed by atoms with Gasteiger partial charge in [0.25, 0.3) is 5.91 Å². The number of amides is 1. The van der Waals surface area contributed by atoms with Gasteiger partial charge in [0.05, 0.1) is 12.1 Å². The Morgan fingerprint density at radius 1 is 1.19 bits per heavy atom. The maximum Gasteiger partial charge on any atom is 0.273 e. The molecule has 26 heavy (non-hydrogen) atoms. The van der Waals surface area contributed by atoms with E-state index < -0.39 is 5.54 Å². The molecule has 1 aliphatic rings. The van der Waals surface area contributed by atoms with E-state index in [1.165, 1.54) is 0 Å². The Balaban J connectivity index is 0.00000196. The Morgan fingerprint density at radius 3 is 2.65 bits per heavy atom. The molecule has 0 saturated heterocycles. The van der Waals surface area contributed by atoms with Gasteiger partial charge in [0.2, 0.25) is 5.89 Å². The summed E-state index contributed by atoms with van der Waals surface area (Å²) in [6, 6.07) is 11.0. The first-order valence-corrected chi connectivity index (χ1v) is 8.06. The molecule has 1 saturated carbocycles. The summed E-state index contributed by atoms with van der Waals surface area (Å²) in [5.41, 5.74) is 6.70. The second kappa shape index (κ2) is 7.27. The zero-order valence-corrected chi connectivity index (χ0v) is 14.7. The number of halogens is 1. The lowest BCUT2D eigenvalue weighted by Gasteiger charge is -2.34. The van der Waals surface area contributed by atoms with Crippen molar-refractivity contribution in [1.29, 1.82) is 0 Å². The number of carbonyl (C=O) groups is 1. The fraction of sp³-hybridized carbons (Fsp3) is 0.294. The maximum atomic E-state index is 12.2. The number of nitrogens with zero attached hydrogens (tertiary/aromatic N) is 3. The van der Waals surface area contributed by atoms with E-state index in [1.54, 1.807) is 6.07 Å². The first-order valence-electron chi connectivity index (χ1n) is 8.06. The van der Waals surface area contributed by atoms with Crippen LogP contribution in [0.1, 0.15) is 41.5 Å². The third-order valence-corrected chi connectivity index (χ3v) is 4.36. The zero-order chi connectivity index (χ0) is 17.3. The first kappa shape index (κ1) is 18.1. The average Bonchev–Trinajstić information content (AvgIpc) is 3.28. The number of aromatic nitrogens is 3. The largest absolute Gasteiger partial charge is 0.355 e. The highest BCUT2D eigenvalue weighted by Gasteiger charge is 2.38. The van der Waals surface area contributed by atoms with Crippen LogP contribution >= 0.6 is 12.4 Å². The molecule has 136 valence electrons. The van der Waals surface area contributed by atoms with Gasteiger partial charge in [-0.3, -0.25) is 4.79 Å². The molecule has 0 unspecified atom stereocenters. The third kappa shape index (κ3) is 3.47. The Morgan fingerprint density at radius 2 is 1.96 bits per heavy atom. The second-order valence-electron chi connectivity index (χ2n) is 6.15. The summed E-state index contributed by atoms with van der Waals surface area (Å²) < 4.78 is 10.4. The average molecular weight is 376 g/mol. The van der Waals surface area contributed by atoms with E-state index in [4.69, 9.17) is 14.8 Å². The minimum absolute atomic E-state index is 0. The molecular formula is C17H18ClN5O3. The molecule has 4 rings (SSSR count). The molecule has 0 spiro atoms. The minimum atomic E-state index is -0.484. The molecule has 3 N–H and O–H groups in total. The molecule has 8 nitrogen and oxygen atoms in total. The summed E-state index contributed by atoms with van der Waals surface area (Å²) in [4.78, 5) is 16.4. The van der Waals surface area contributed by atoms with Crippen LogP contribution in [-0.2, 0) is 12.1 Å². The van der Waals surface area contributed by atoms with Crippen LogP contribution in [-0.4, -0.2) is 21.2 Å². The van der Waals surface area contributed by atoms with Crippen LogP contribution in [0.2, 0.25) is 0 Å². The van der Waals surface area contributed by atoms with Gasteiger partial charge in [-0.25, -0.2) is 0 Å². The number of nitrogens with one attached hydrogen (secondary N) is 1. The number of benzene rings is 1. The summed E-state index contributed by atoms with van der Waals surface area (Å²) in [6.07, 6.45) is 2.76. The molecule has 0 aliphatic heterocycles. The lowest BCUT2D eigenvalue weighted by molar-refractivity contribution is 0.0937. The lowest BCUT2D eigenvalue weighted by atomic mass is 9.77. The summed E-state index contributed by atoms with van der Waals surface area (Å²) in [5.74, 6) is 0.959. The van der Waals surface area contributed by atoms with Gasteiger partial charge < -0.3 is 20.1 Å². The Hall–Kier alpha value is -2.71. The molecule has 1 aliphatic carbocycles. The topological polar surface area (TPSA) is 120 Å². The molecule has 0 atom stereocenters. The van der Waals surface area contributed by atoms with Crippen molar-refractivity contribution in [3.05, 3.63) is 53.8 Å². The van der Waals surface area contributed by atoms with Crippen LogP contribution in [0, 0.1) is 0 Å². The van der Waals surface area contributed by atoms with Crippen LogP contribution in [0.15, 0.2) is 45.4 Å². The predicted molar refractivity (Wildman–Crippen MR) is 94.4 cm³/mol. The molecular weight excluding hydrogens is 358 g/mol. The van der Waals surface area contributed by atoms with Crippen LogP contribution < -0.4 is 11.1 Å². The van der Waals surface area contributed by atoms with Gasteiger partial charge in [0, 0.05) is 11.6 Å². The molecule has 0 bridgehead atoms. The molecule has 1 amide bonds. The second-order valence-corrected chi connectivity index (χ2v) is 6.15. The van der Waals surface area contributed by atoms with Crippen molar-refractivity contribution in [3.63, 3.8) is 0 Å². The van der Waals surface area contributed by atoms with Crippen molar-refractivity contribution in [2.24, 2.45) is 5.73 Å². The fourth-order valence-electron chi connectivity index (χ4n) is 2.68. The highest BCUT2D eigenvalue weighted by atomic mass is 35.5. The minimum Gasteiger partial charge on any atom is -0.355 e. The van der Waals surface area contributed by atoms with E-state index in [0.29, 0.717) is 17.5 Å². The molecule has 2 aromatic heterocycles. The van der Waals surface area contributed by atoms with E-state index in [2.05, 4.69) is 20.6 Å². The number of carbonyl (C=O) groups excluding carboxylic acids is 1. The molecule has 9 heteroatoms. The van der Waals surface area contributed by atoms with E-state index in [9.17, 15) is 4.79 Å². The van der Waals surface area contributed by atoms with Crippen molar-refractivity contribution in [1.82, 2.24) is 20.6 Å². The Kier molecular flexibility index (Phi) is 5.06. The van der Waals surface area contributed by atoms with E-state index in [1.807, 2.05) is 30.3 Å². The molecule has 2 heterocycles. The van der Waals surface area contributed by atoms with Crippen molar-refractivity contribution in [2.45, 2.75) is 31.3 Å². The Bertz CT molecular complexity index is 889. The van der Waals surface area contributed by atoms with Crippen molar-refractivity contribution < 1.29 is 13.8 Å². The Labute approximate surface area is 155 Å². The van der Waals surface area contributed by atoms with Crippen LogP contribution in [0.3, 0.4) is 0 Å².